The third-order valence-corrected chi connectivity index (χ3v) is 4.10. The third-order valence-electron chi connectivity index (χ3n) is 2.41. The van der Waals surface area contributed by atoms with Gasteiger partial charge in [-0.3, -0.25) is 4.79 Å². The lowest BCUT2D eigenvalue weighted by atomic mass is 9.99. The van der Waals surface area contributed by atoms with Gasteiger partial charge in [0.2, 0.25) is 0 Å². The van der Waals surface area contributed by atoms with Crippen molar-refractivity contribution in [1.29, 1.82) is 0 Å². The number of carbonyl (C=O) groups is 1. The van der Waals surface area contributed by atoms with Crippen LogP contribution >= 0.6 is 8.19 Å². The van der Waals surface area contributed by atoms with Gasteiger partial charge in [-0.05, 0) is 14.6 Å². The predicted octanol–water partition coefficient (Wildman–Crippen LogP) is 3.68. The number of fused-ring (bicyclic) bond motifs is 1. The molecule has 0 N–H and O–H groups in total. The number of rotatable bonds is 0. The highest BCUT2D eigenvalue weighted by atomic mass is 31.0. The van der Waals surface area contributed by atoms with Crippen LogP contribution in [-0.2, 0) is 11.8 Å². The Bertz CT molecular complexity index is 371. The molecule has 2 rings (SSSR count). The zero-order chi connectivity index (χ0) is 10.3. The average Bonchev–Trinajstić information content (AvgIpc) is 2.48. The van der Waals surface area contributed by atoms with Crippen molar-refractivity contribution in [3.8, 4) is 0 Å². The molecule has 0 spiro atoms. The molecule has 1 aromatic rings. The summed E-state index contributed by atoms with van der Waals surface area (Å²) in [5, 5.41) is 0.918. The summed E-state index contributed by atoms with van der Waals surface area (Å²) in [4.78, 5) is 11.6. The first-order chi connectivity index (χ1) is 6.48. The molecule has 1 heterocycles. The van der Waals surface area contributed by atoms with Gasteiger partial charge in [-0.25, -0.2) is 0 Å². The van der Waals surface area contributed by atoms with Crippen molar-refractivity contribution in [2.24, 2.45) is 0 Å². The van der Waals surface area contributed by atoms with Crippen molar-refractivity contribution in [3.05, 3.63) is 16.5 Å². The molecular formula is C11H15O2P. The highest BCUT2D eigenvalue weighted by molar-refractivity contribution is 7.33. The normalized spacial score (nSPS) is 17.5. The molecule has 0 radical (unpaired) electrons. The molecule has 0 aromatic carbocycles. The van der Waals surface area contributed by atoms with Gasteiger partial charge in [0, 0.05) is 18.3 Å². The Morgan fingerprint density at radius 1 is 1.29 bits per heavy atom. The van der Waals surface area contributed by atoms with E-state index in [0.717, 1.165) is 37.6 Å². The maximum Gasteiger partial charge on any atom is 0.170 e. The predicted molar refractivity (Wildman–Crippen MR) is 57.2 cm³/mol. The van der Waals surface area contributed by atoms with Crippen LogP contribution in [0.1, 0.15) is 55.0 Å². The van der Waals surface area contributed by atoms with Gasteiger partial charge in [-0.2, -0.15) is 0 Å². The van der Waals surface area contributed by atoms with Gasteiger partial charge in [-0.15, -0.1) is 0 Å². The van der Waals surface area contributed by atoms with Crippen molar-refractivity contribution in [1.82, 2.24) is 0 Å². The molecule has 76 valence electrons. The van der Waals surface area contributed by atoms with Crippen LogP contribution < -0.4 is 0 Å². The molecule has 0 saturated carbocycles. The summed E-state index contributed by atoms with van der Waals surface area (Å²) in [5.74, 6) is 1.22. The molecule has 0 aliphatic heterocycles. The quantitative estimate of drug-likeness (QED) is 0.653. The van der Waals surface area contributed by atoms with Crippen molar-refractivity contribution < 1.29 is 9.21 Å². The number of hydrogen-bond acceptors (Lipinski definition) is 2. The summed E-state index contributed by atoms with van der Waals surface area (Å²) in [6, 6.07) is 0. The molecule has 1 aromatic heterocycles. The highest BCUT2D eigenvalue weighted by Crippen LogP contribution is 2.39. The summed E-state index contributed by atoms with van der Waals surface area (Å²) in [5.41, 5.74) is 1.07. The van der Waals surface area contributed by atoms with Crippen LogP contribution in [0.4, 0.5) is 0 Å². The molecule has 0 saturated heterocycles. The van der Waals surface area contributed by atoms with E-state index >= 15 is 0 Å². The van der Waals surface area contributed by atoms with Gasteiger partial charge < -0.3 is 4.42 Å². The average molecular weight is 210 g/mol. The standard InChI is InChI=1S/C11H15O2P/c1-11(2,3)10-13-8-6-4-5-7(12)9(8)14-10/h4-6H2,1-3H3. The van der Waals surface area contributed by atoms with Crippen molar-refractivity contribution in [2.45, 2.75) is 45.4 Å². The van der Waals surface area contributed by atoms with Crippen LogP contribution in [0.3, 0.4) is 0 Å². The third kappa shape index (κ3) is 1.64. The Labute approximate surface area is 85.8 Å². The Balaban J connectivity index is 2.45. The second-order valence-corrected chi connectivity index (χ2v) is 5.89. The van der Waals surface area contributed by atoms with Gasteiger partial charge in [0.15, 0.2) is 5.78 Å². The van der Waals surface area contributed by atoms with Gasteiger partial charge in [0.05, 0.1) is 5.30 Å². The molecule has 0 unspecified atom stereocenters. The van der Waals surface area contributed by atoms with Crippen LogP contribution in [0, 0.1) is 0 Å². The lowest BCUT2D eigenvalue weighted by Gasteiger charge is -2.13. The Kier molecular flexibility index (Phi) is 2.27. The van der Waals surface area contributed by atoms with Crippen molar-refractivity contribution in [2.75, 3.05) is 0 Å². The van der Waals surface area contributed by atoms with E-state index in [1.54, 1.807) is 0 Å². The monoisotopic (exact) mass is 210 g/mol. The second-order valence-electron chi connectivity index (χ2n) is 4.82. The first-order valence-corrected chi connectivity index (χ1v) is 5.91. The summed E-state index contributed by atoms with van der Waals surface area (Å²) >= 11 is 0. The van der Waals surface area contributed by atoms with Crippen molar-refractivity contribution in [3.63, 3.8) is 0 Å². The van der Waals surface area contributed by atoms with E-state index in [2.05, 4.69) is 20.8 Å². The smallest absolute Gasteiger partial charge is 0.170 e. The fourth-order valence-electron chi connectivity index (χ4n) is 1.59. The molecule has 0 atom stereocenters. The van der Waals surface area contributed by atoms with Crippen molar-refractivity contribution >= 4 is 14.0 Å². The second kappa shape index (κ2) is 3.20. The Hall–Kier alpha value is -0.620. The molecule has 0 fully saturated rings. The van der Waals surface area contributed by atoms with E-state index < -0.39 is 0 Å². The van der Waals surface area contributed by atoms with E-state index in [1.165, 1.54) is 0 Å². The summed E-state index contributed by atoms with van der Waals surface area (Å²) in [6.45, 7) is 6.37. The SMILES string of the molecule is CC(C)(C)c1oc2c(p1)C(=O)CCC2. The zero-order valence-corrected chi connectivity index (χ0v) is 9.78. The molecule has 14 heavy (non-hydrogen) atoms. The topological polar surface area (TPSA) is 30.2 Å². The number of hydrogen-bond donors (Lipinski definition) is 0. The summed E-state index contributed by atoms with van der Waals surface area (Å²) in [6.07, 6.45) is 2.59. The van der Waals surface area contributed by atoms with E-state index in [9.17, 15) is 4.79 Å². The van der Waals surface area contributed by atoms with Crippen LogP contribution in [0.25, 0.3) is 0 Å². The maximum atomic E-state index is 11.6. The number of aryl methyl sites for hydroxylation is 1. The minimum absolute atomic E-state index is 0.0408. The molecule has 1 aliphatic rings. The number of ketones is 1. The van der Waals surface area contributed by atoms with Gasteiger partial charge >= 0.3 is 0 Å². The Morgan fingerprint density at radius 3 is 2.57 bits per heavy atom. The first kappa shape index (κ1) is 9.92. The molecule has 0 amide bonds. The van der Waals surface area contributed by atoms with E-state index in [0.29, 0.717) is 6.42 Å². The van der Waals surface area contributed by atoms with Gasteiger partial charge in [0.25, 0.3) is 0 Å². The van der Waals surface area contributed by atoms with E-state index in [-0.39, 0.29) is 11.2 Å². The lowest BCUT2D eigenvalue weighted by molar-refractivity contribution is 0.0972. The zero-order valence-electron chi connectivity index (χ0n) is 8.89. The van der Waals surface area contributed by atoms with Gasteiger partial charge in [0.1, 0.15) is 11.3 Å². The van der Waals surface area contributed by atoms with E-state index in [1.807, 2.05) is 0 Å². The minimum atomic E-state index is 0.0408. The van der Waals surface area contributed by atoms with Gasteiger partial charge in [-0.1, -0.05) is 20.8 Å². The molecule has 1 aliphatic carbocycles. The molecular weight excluding hydrogens is 195 g/mol. The fourth-order valence-corrected chi connectivity index (χ4v) is 2.80. The maximum absolute atomic E-state index is 11.6. The van der Waals surface area contributed by atoms with Crippen LogP contribution in [0.5, 0.6) is 0 Å². The van der Waals surface area contributed by atoms with E-state index in [4.69, 9.17) is 4.42 Å². The van der Waals surface area contributed by atoms with Crippen LogP contribution in [-0.4, -0.2) is 5.78 Å². The minimum Gasteiger partial charge on any atom is -0.460 e. The molecule has 2 nitrogen and oxygen atoms in total. The summed E-state index contributed by atoms with van der Waals surface area (Å²) < 4.78 is 5.76. The van der Waals surface area contributed by atoms with Crippen LogP contribution in [0.15, 0.2) is 4.42 Å². The largest absolute Gasteiger partial charge is 0.460 e. The Morgan fingerprint density at radius 2 is 2.00 bits per heavy atom. The lowest BCUT2D eigenvalue weighted by Crippen LogP contribution is -2.07. The highest BCUT2D eigenvalue weighted by Gasteiger charge is 2.27. The molecule has 0 bridgehead atoms. The fraction of sp³-hybridized carbons (Fsp3) is 0.636. The van der Waals surface area contributed by atoms with Crippen LogP contribution in [0.2, 0.25) is 0 Å². The molecule has 3 heteroatoms. The number of Topliss-reactive ketones (excluding diaryl/α,β-unsaturated/α-hetero) is 1. The number of carbonyl (C=O) groups excluding carboxylic acids is 1. The summed E-state index contributed by atoms with van der Waals surface area (Å²) in [7, 11) is 1.01. The first-order valence-electron chi connectivity index (χ1n) is 5.02.